The Labute approximate surface area is 159 Å². The van der Waals surface area contributed by atoms with Crippen LogP contribution in [-0.4, -0.2) is 20.4 Å². The van der Waals surface area contributed by atoms with Gasteiger partial charge in [0.25, 0.3) is 0 Å². The van der Waals surface area contributed by atoms with E-state index in [0.29, 0.717) is 16.5 Å². The van der Waals surface area contributed by atoms with Crippen LogP contribution in [-0.2, 0) is 11.3 Å². The number of hydrogen-bond acceptors (Lipinski definition) is 4. The zero-order chi connectivity index (χ0) is 18.1. The van der Waals surface area contributed by atoms with Gasteiger partial charge in [0, 0.05) is 16.1 Å². The summed E-state index contributed by atoms with van der Waals surface area (Å²) in [6.07, 6.45) is 0. The maximum atomic E-state index is 12.6. The molecule has 0 aliphatic carbocycles. The van der Waals surface area contributed by atoms with Gasteiger partial charge < -0.3 is 9.88 Å². The number of aromatic nitrogens is 3. The Bertz CT molecular complexity index is 1090. The van der Waals surface area contributed by atoms with Gasteiger partial charge in [-0.1, -0.05) is 29.8 Å². The fraction of sp³-hybridized carbons (Fsp3) is 0.105. The maximum Gasteiger partial charge on any atom is 0.244 e. The van der Waals surface area contributed by atoms with Crippen molar-refractivity contribution in [2.75, 3.05) is 5.32 Å². The van der Waals surface area contributed by atoms with E-state index in [4.69, 9.17) is 11.6 Å². The molecule has 1 amide bonds. The van der Waals surface area contributed by atoms with Crippen LogP contribution in [0.5, 0.6) is 0 Å². The Morgan fingerprint density at radius 1 is 1.27 bits per heavy atom. The summed E-state index contributed by atoms with van der Waals surface area (Å²) < 4.78 is 1.88. The fourth-order valence-electron chi connectivity index (χ4n) is 2.77. The summed E-state index contributed by atoms with van der Waals surface area (Å²) in [4.78, 5) is 21.6. The van der Waals surface area contributed by atoms with Gasteiger partial charge in [-0.25, -0.2) is 9.97 Å². The highest BCUT2D eigenvalue weighted by Crippen LogP contribution is 2.25. The largest absolute Gasteiger partial charge is 0.324 e. The summed E-state index contributed by atoms with van der Waals surface area (Å²) in [6.45, 7) is 2.06. The molecule has 0 aliphatic heterocycles. The van der Waals surface area contributed by atoms with Crippen LogP contribution in [0.15, 0.2) is 53.4 Å². The first-order valence-electron chi connectivity index (χ1n) is 8.01. The third-order valence-electron chi connectivity index (χ3n) is 4.07. The number of nitrogens with one attached hydrogen (secondary N) is 1. The molecule has 5 nitrogen and oxygen atoms in total. The van der Waals surface area contributed by atoms with Crippen LogP contribution in [0.3, 0.4) is 0 Å². The lowest BCUT2D eigenvalue weighted by Crippen LogP contribution is -2.19. The van der Waals surface area contributed by atoms with Crippen molar-refractivity contribution in [1.82, 2.24) is 14.5 Å². The number of para-hydroxylation sites is 2. The third kappa shape index (κ3) is 3.21. The molecule has 7 heteroatoms. The molecule has 2 aromatic heterocycles. The minimum absolute atomic E-state index is 0.138. The number of aryl methyl sites for hydroxylation is 1. The average molecular weight is 383 g/mol. The second-order valence-corrected chi connectivity index (χ2v) is 7.02. The van der Waals surface area contributed by atoms with Gasteiger partial charge in [-0.3, -0.25) is 4.79 Å². The average Bonchev–Trinajstić information content (AvgIpc) is 3.26. The predicted molar refractivity (Wildman–Crippen MR) is 106 cm³/mol. The molecule has 130 valence electrons. The number of amides is 1. The zero-order valence-electron chi connectivity index (χ0n) is 13.9. The van der Waals surface area contributed by atoms with E-state index in [-0.39, 0.29) is 12.5 Å². The first-order valence-corrected chi connectivity index (χ1v) is 9.34. The summed E-state index contributed by atoms with van der Waals surface area (Å²) in [5.74, 6) is 0.536. The summed E-state index contributed by atoms with van der Waals surface area (Å²) in [6, 6.07) is 13.2. The Kier molecular flexibility index (Phi) is 4.44. The van der Waals surface area contributed by atoms with Crippen LogP contribution in [0.25, 0.3) is 22.6 Å². The van der Waals surface area contributed by atoms with E-state index in [0.717, 1.165) is 22.3 Å². The molecule has 0 radical (unpaired) electrons. The predicted octanol–water partition coefficient (Wildman–Crippen LogP) is 4.76. The number of carbonyl (C=O) groups excluding carboxylic acids is 1. The monoisotopic (exact) mass is 382 g/mol. The van der Waals surface area contributed by atoms with Crippen LogP contribution >= 0.6 is 22.9 Å². The SMILES string of the molecule is Cc1ccc(NC(=O)Cn2c(-c3cscn3)nc3ccccc32)cc1Cl. The van der Waals surface area contributed by atoms with Gasteiger partial charge in [0.15, 0.2) is 5.82 Å². The number of hydrogen-bond donors (Lipinski definition) is 1. The highest BCUT2D eigenvalue weighted by Gasteiger charge is 2.16. The van der Waals surface area contributed by atoms with Crippen molar-refractivity contribution in [2.24, 2.45) is 0 Å². The summed E-state index contributed by atoms with van der Waals surface area (Å²) in [7, 11) is 0. The van der Waals surface area contributed by atoms with E-state index >= 15 is 0 Å². The van der Waals surface area contributed by atoms with Gasteiger partial charge in [-0.05, 0) is 36.8 Å². The van der Waals surface area contributed by atoms with E-state index in [9.17, 15) is 4.79 Å². The summed E-state index contributed by atoms with van der Waals surface area (Å²) in [5, 5.41) is 5.45. The number of benzene rings is 2. The number of rotatable bonds is 4. The van der Waals surface area contributed by atoms with E-state index in [2.05, 4.69) is 15.3 Å². The molecule has 0 unspecified atom stereocenters. The molecule has 0 saturated heterocycles. The maximum absolute atomic E-state index is 12.6. The lowest BCUT2D eigenvalue weighted by atomic mass is 10.2. The van der Waals surface area contributed by atoms with Crippen LogP contribution in [0.4, 0.5) is 5.69 Å². The summed E-state index contributed by atoms with van der Waals surface area (Å²) in [5.41, 5.74) is 5.89. The van der Waals surface area contributed by atoms with Crippen molar-refractivity contribution in [3.05, 3.63) is 63.9 Å². The van der Waals surface area contributed by atoms with Gasteiger partial charge in [-0.2, -0.15) is 0 Å². The van der Waals surface area contributed by atoms with Crippen molar-refractivity contribution >= 4 is 45.6 Å². The smallest absolute Gasteiger partial charge is 0.244 e. The number of imidazole rings is 1. The van der Waals surface area contributed by atoms with Gasteiger partial charge in [0.2, 0.25) is 5.91 Å². The summed E-state index contributed by atoms with van der Waals surface area (Å²) >= 11 is 7.64. The second kappa shape index (κ2) is 6.90. The third-order valence-corrected chi connectivity index (χ3v) is 5.07. The first kappa shape index (κ1) is 16.8. The second-order valence-electron chi connectivity index (χ2n) is 5.90. The number of fused-ring (bicyclic) bond motifs is 1. The van der Waals surface area contributed by atoms with Crippen molar-refractivity contribution in [2.45, 2.75) is 13.5 Å². The fourth-order valence-corrected chi connectivity index (χ4v) is 3.48. The number of halogens is 1. The van der Waals surface area contributed by atoms with E-state index in [1.807, 2.05) is 53.3 Å². The standard InChI is InChI=1S/C19H15ClN4OS/c1-12-6-7-13(8-14(12)20)22-18(25)9-24-17-5-3-2-4-15(17)23-19(24)16-10-26-11-21-16/h2-8,10-11H,9H2,1H3,(H,22,25). The lowest BCUT2D eigenvalue weighted by molar-refractivity contribution is -0.116. The molecule has 0 aliphatic rings. The highest BCUT2D eigenvalue weighted by atomic mass is 35.5. The number of nitrogens with zero attached hydrogens (tertiary/aromatic N) is 3. The molecule has 0 bridgehead atoms. The molecule has 0 atom stereocenters. The van der Waals surface area contributed by atoms with Gasteiger partial charge >= 0.3 is 0 Å². The first-order chi connectivity index (χ1) is 12.6. The zero-order valence-corrected chi connectivity index (χ0v) is 15.5. The van der Waals surface area contributed by atoms with Crippen LogP contribution in [0.1, 0.15) is 5.56 Å². The topological polar surface area (TPSA) is 59.8 Å². The Morgan fingerprint density at radius 3 is 2.88 bits per heavy atom. The van der Waals surface area contributed by atoms with Crippen LogP contribution in [0, 0.1) is 6.92 Å². The van der Waals surface area contributed by atoms with Crippen molar-refractivity contribution in [3.63, 3.8) is 0 Å². The number of thiazole rings is 1. The molecule has 2 heterocycles. The normalized spacial score (nSPS) is 11.0. The van der Waals surface area contributed by atoms with Crippen molar-refractivity contribution < 1.29 is 4.79 Å². The van der Waals surface area contributed by atoms with Gasteiger partial charge in [0.1, 0.15) is 12.2 Å². The molecule has 1 N–H and O–H groups in total. The molecule has 4 aromatic rings. The molecule has 0 saturated carbocycles. The van der Waals surface area contributed by atoms with E-state index < -0.39 is 0 Å². The quantitative estimate of drug-likeness (QED) is 0.553. The van der Waals surface area contributed by atoms with Crippen molar-refractivity contribution in [1.29, 1.82) is 0 Å². The molecule has 0 fully saturated rings. The van der Waals surface area contributed by atoms with E-state index in [1.165, 1.54) is 11.3 Å². The molecule has 2 aromatic carbocycles. The molecule has 4 rings (SSSR count). The molecular formula is C19H15ClN4OS. The van der Waals surface area contributed by atoms with Gasteiger partial charge in [-0.15, -0.1) is 11.3 Å². The minimum atomic E-state index is -0.149. The molecular weight excluding hydrogens is 368 g/mol. The van der Waals surface area contributed by atoms with Crippen LogP contribution < -0.4 is 5.32 Å². The number of carbonyl (C=O) groups is 1. The van der Waals surface area contributed by atoms with Gasteiger partial charge in [0.05, 0.1) is 16.5 Å². The van der Waals surface area contributed by atoms with Crippen LogP contribution in [0.2, 0.25) is 5.02 Å². The van der Waals surface area contributed by atoms with E-state index in [1.54, 1.807) is 11.6 Å². The lowest BCUT2D eigenvalue weighted by Gasteiger charge is -2.10. The molecule has 26 heavy (non-hydrogen) atoms. The number of anilines is 1. The Balaban J connectivity index is 1.66. The highest BCUT2D eigenvalue weighted by molar-refractivity contribution is 7.07. The minimum Gasteiger partial charge on any atom is -0.324 e. The molecule has 0 spiro atoms. The Hall–Kier alpha value is -2.70. The van der Waals surface area contributed by atoms with Crippen molar-refractivity contribution in [3.8, 4) is 11.5 Å². The Morgan fingerprint density at radius 2 is 2.12 bits per heavy atom.